The van der Waals surface area contributed by atoms with Crippen molar-refractivity contribution in [3.8, 4) is 0 Å². The minimum atomic E-state index is -0.114. The Hall–Kier alpha value is -0.610. The van der Waals surface area contributed by atoms with Gasteiger partial charge >= 0.3 is 0 Å². The van der Waals surface area contributed by atoms with Crippen molar-refractivity contribution < 1.29 is 9.90 Å². The molecule has 0 aromatic carbocycles. The Morgan fingerprint density at radius 1 is 1.50 bits per heavy atom. The van der Waals surface area contributed by atoms with Crippen molar-refractivity contribution in [1.82, 2.24) is 10.2 Å². The number of likely N-dealkylation sites (tertiary alicyclic amines) is 1. The maximum atomic E-state index is 12.0. The summed E-state index contributed by atoms with van der Waals surface area (Å²) in [6, 6.07) is 0.479. The Kier molecular flexibility index (Phi) is 6.09. The average molecular weight is 256 g/mol. The van der Waals surface area contributed by atoms with E-state index in [2.05, 4.69) is 31.0 Å². The number of amides is 1. The van der Waals surface area contributed by atoms with Crippen LogP contribution in [0.1, 0.15) is 52.9 Å². The molecule has 1 saturated heterocycles. The molecule has 0 spiro atoms. The van der Waals surface area contributed by atoms with Gasteiger partial charge in [0.05, 0.1) is 6.54 Å². The second-order valence-electron chi connectivity index (χ2n) is 5.92. The van der Waals surface area contributed by atoms with Crippen LogP contribution < -0.4 is 5.32 Å². The molecule has 4 nitrogen and oxygen atoms in total. The summed E-state index contributed by atoms with van der Waals surface area (Å²) in [6.45, 7) is 7.95. The van der Waals surface area contributed by atoms with Crippen LogP contribution in [0.2, 0.25) is 0 Å². The number of rotatable bonds is 7. The molecule has 18 heavy (non-hydrogen) atoms. The largest absolute Gasteiger partial charge is 0.396 e. The fraction of sp³-hybridized carbons (Fsp3) is 0.929. The molecule has 0 aromatic rings. The van der Waals surface area contributed by atoms with Crippen molar-refractivity contribution in [2.45, 2.75) is 64.5 Å². The van der Waals surface area contributed by atoms with Crippen LogP contribution in [0, 0.1) is 0 Å². The van der Waals surface area contributed by atoms with Crippen LogP contribution in [0.3, 0.4) is 0 Å². The quantitative estimate of drug-likeness (QED) is 0.726. The molecule has 1 amide bonds. The number of carbonyl (C=O) groups is 1. The number of nitrogens with one attached hydrogen (secondary N) is 1. The first-order chi connectivity index (χ1) is 8.48. The fourth-order valence-corrected chi connectivity index (χ4v) is 2.45. The van der Waals surface area contributed by atoms with Gasteiger partial charge in [-0.1, -0.05) is 6.92 Å². The molecule has 1 aliphatic rings. The molecule has 0 saturated carbocycles. The van der Waals surface area contributed by atoms with E-state index in [0.29, 0.717) is 12.6 Å². The van der Waals surface area contributed by atoms with Crippen LogP contribution in [0.5, 0.6) is 0 Å². The summed E-state index contributed by atoms with van der Waals surface area (Å²) in [5.41, 5.74) is -0.114. The number of aliphatic hydroxyl groups excluding tert-OH is 1. The van der Waals surface area contributed by atoms with Gasteiger partial charge in [0.15, 0.2) is 0 Å². The van der Waals surface area contributed by atoms with Crippen LogP contribution in [-0.4, -0.2) is 47.2 Å². The van der Waals surface area contributed by atoms with Gasteiger partial charge in [-0.15, -0.1) is 0 Å². The van der Waals surface area contributed by atoms with E-state index in [1.165, 1.54) is 6.42 Å². The molecule has 1 fully saturated rings. The lowest BCUT2D eigenvalue weighted by atomic mass is 10.0. The van der Waals surface area contributed by atoms with Crippen LogP contribution in [0.25, 0.3) is 0 Å². The second kappa shape index (κ2) is 7.10. The molecule has 106 valence electrons. The molecule has 0 aromatic heterocycles. The van der Waals surface area contributed by atoms with Crippen LogP contribution in [0.15, 0.2) is 0 Å². The van der Waals surface area contributed by atoms with Gasteiger partial charge in [-0.25, -0.2) is 0 Å². The molecule has 1 aliphatic heterocycles. The zero-order chi connectivity index (χ0) is 13.6. The van der Waals surface area contributed by atoms with Crippen molar-refractivity contribution in [2.75, 3.05) is 19.7 Å². The molecule has 0 bridgehead atoms. The monoisotopic (exact) mass is 256 g/mol. The summed E-state index contributed by atoms with van der Waals surface area (Å²) in [6.07, 6.45) is 5.10. The molecular weight excluding hydrogens is 228 g/mol. The maximum Gasteiger partial charge on any atom is 0.234 e. The topological polar surface area (TPSA) is 52.6 Å². The number of nitrogens with zero attached hydrogens (tertiary/aromatic N) is 1. The van der Waals surface area contributed by atoms with E-state index >= 15 is 0 Å². The smallest absolute Gasteiger partial charge is 0.234 e. The normalized spacial score (nSPS) is 21.2. The minimum Gasteiger partial charge on any atom is -0.396 e. The maximum absolute atomic E-state index is 12.0. The lowest BCUT2D eigenvalue weighted by Crippen LogP contribution is -2.48. The van der Waals surface area contributed by atoms with Crippen molar-refractivity contribution in [3.05, 3.63) is 0 Å². The highest BCUT2D eigenvalue weighted by Gasteiger charge is 2.27. The van der Waals surface area contributed by atoms with E-state index in [1.807, 2.05) is 0 Å². The summed E-state index contributed by atoms with van der Waals surface area (Å²) < 4.78 is 0. The van der Waals surface area contributed by atoms with Gasteiger partial charge in [0.1, 0.15) is 0 Å². The summed E-state index contributed by atoms with van der Waals surface area (Å²) in [7, 11) is 0. The van der Waals surface area contributed by atoms with Gasteiger partial charge in [-0.3, -0.25) is 9.69 Å². The van der Waals surface area contributed by atoms with Crippen LogP contribution in [0.4, 0.5) is 0 Å². The lowest BCUT2D eigenvalue weighted by Gasteiger charge is -2.28. The Morgan fingerprint density at radius 2 is 2.22 bits per heavy atom. The molecule has 4 heteroatoms. The second-order valence-corrected chi connectivity index (χ2v) is 5.92. The predicted octanol–water partition coefficient (Wildman–Crippen LogP) is 1.53. The van der Waals surface area contributed by atoms with E-state index in [-0.39, 0.29) is 18.1 Å². The number of hydrogen-bond acceptors (Lipinski definition) is 3. The van der Waals surface area contributed by atoms with Gasteiger partial charge < -0.3 is 10.4 Å². The summed E-state index contributed by atoms with van der Waals surface area (Å²) in [5, 5.41) is 12.0. The molecule has 0 aliphatic carbocycles. The summed E-state index contributed by atoms with van der Waals surface area (Å²) in [5.74, 6) is 0.123. The molecular formula is C14H28N2O2. The third-order valence-electron chi connectivity index (χ3n) is 3.90. The van der Waals surface area contributed by atoms with Gasteiger partial charge in [0.2, 0.25) is 5.91 Å². The molecule has 1 heterocycles. The van der Waals surface area contributed by atoms with E-state index in [9.17, 15) is 4.79 Å². The fourth-order valence-electron chi connectivity index (χ4n) is 2.45. The van der Waals surface area contributed by atoms with E-state index in [4.69, 9.17) is 5.11 Å². The zero-order valence-electron chi connectivity index (χ0n) is 12.0. The third kappa shape index (κ3) is 4.94. The molecule has 0 radical (unpaired) electrons. The summed E-state index contributed by atoms with van der Waals surface area (Å²) >= 11 is 0. The standard InChI is InChI=1S/C14H28N2O2/c1-4-14(2,3)15-13(18)11-16-9-5-7-12(16)8-6-10-17/h12,17H,4-11H2,1-3H3,(H,15,18). The Labute approximate surface area is 111 Å². The SMILES string of the molecule is CCC(C)(C)NC(=O)CN1CCCC1CCCO. The Morgan fingerprint density at radius 3 is 2.83 bits per heavy atom. The lowest BCUT2D eigenvalue weighted by molar-refractivity contribution is -0.124. The Bertz CT molecular complexity index is 267. The zero-order valence-corrected chi connectivity index (χ0v) is 12.0. The first-order valence-electron chi connectivity index (χ1n) is 7.14. The van der Waals surface area contributed by atoms with E-state index < -0.39 is 0 Å². The van der Waals surface area contributed by atoms with Gasteiger partial charge in [0.25, 0.3) is 0 Å². The molecule has 1 atom stereocenters. The first-order valence-corrected chi connectivity index (χ1v) is 7.14. The third-order valence-corrected chi connectivity index (χ3v) is 3.90. The highest BCUT2D eigenvalue weighted by atomic mass is 16.3. The van der Waals surface area contributed by atoms with E-state index in [0.717, 1.165) is 32.2 Å². The van der Waals surface area contributed by atoms with Crippen molar-refractivity contribution in [2.24, 2.45) is 0 Å². The van der Waals surface area contributed by atoms with Gasteiger partial charge in [-0.2, -0.15) is 0 Å². The highest BCUT2D eigenvalue weighted by Crippen LogP contribution is 2.20. The minimum absolute atomic E-state index is 0.114. The Balaban J connectivity index is 2.38. The molecule has 2 N–H and O–H groups in total. The number of aliphatic hydroxyl groups is 1. The average Bonchev–Trinajstić information content (AvgIpc) is 2.73. The van der Waals surface area contributed by atoms with Gasteiger partial charge in [-0.05, 0) is 52.5 Å². The predicted molar refractivity (Wildman–Crippen MR) is 73.4 cm³/mol. The van der Waals surface area contributed by atoms with Crippen molar-refractivity contribution in [3.63, 3.8) is 0 Å². The van der Waals surface area contributed by atoms with Crippen molar-refractivity contribution in [1.29, 1.82) is 0 Å². The van der Waals surface area contributed by atoms with Crippen LogP contribution in [-0.2, 0) is 4.79 Å². The van der Waals surface area contributed by atoms with Crippen molar-refractivity contribution >= 4 is 5.91 Å². The number of hydrogen-bond donors (Lipinski definition) is 2. The number of carbonyl (C=O) groups excluding carboxylic acids is 1. The van der Waals surface area contributed by atoms with Gasteiger partial charge in [0, 0.05) is 18.2 Å². The first kappa shape index (κ1) is 15.4. The summed E-state index contributed by atoms with van der Waals surface area (Å²) in [4.78, 5) is 14.3. The van der Waals surface area contributed by atoms with Crippen LogP contribution >= 0.6 is 0 Å². The van der Waals surface area contributed by atoms with E-state index in [1.54, 1.807) is 0 Å². The highest BCUT2D eigenvalue weighted by molar-refractivity contribution is 5.78. The molecule has 1 rings (SSSR count). The molecule has 1 unspecified atom stereocenters.